The Bertz CT molecular complexity index is 510. The topological polar surface area (TPSA) is 102 Å². The molecule has 2 aliphatic heterocycles. The van der Waals surface area contributed by atoms with Gasteiger partial charge in [-0.2, -0.15) is 0 Å². The number of hydrogen-bond donors (Lipinski definition) is 0. The van der Waals surface area contributed by atoms with Gasteiger partial charge in [-0.05, 0) is 0 Å². The molecule has 2 rings (SSSR count). The summed E-state index contributed by atoms with van der Waals surface area (Å²) in [5, 5.41) is 0. The van der Waals surface area contributed by atoms with Crippen molar-refractivity contribution in [3.8, 4) is 0 Å². The maximum atomic E-state index is 6.45. The molecule has 9 atom stereocenters. The summed E-state index contributed by atoms with van der Waals surface area (Å²) in [5.74, 6) is -1.34. The van der Waals surface area contributed by atoms with E-state index in [2.05, 4.69) is 0 Å². The fourth-order valence-electron chi connectivity index (χ4n) is 4.43. The van der Waals surface area contributed by atoms with E-state index < -0.39 is 54.8 Å². The molecule has 2 aliphatic rings. The van der Waals surface area contributed by atoms with Crippen molar-refractivity contribution < 1.29 is 52.1 Å². The summed E-state index contributed by atoms with van der Waals surface area (Å²) in [6.07, 6.45) is -4.42. The Kier molecular flexibility index (Phi) is 11.0. The Labute approximate surface area is 184 Å². The molecule has 0 amide bonds. The molecule has 0 radical (unpaired) electrons. The van der Waals surface area contributed by atoms with Gasteiger partial charge in [0.25, 0.3) is 0 Å². The van der Waals surface area contributed by atoms with Gasteiger partial charge in [0.2, 0.25) is 5.79 Å². The van der Waals surface area contributed by atoms with Gasteiger partial charge in [-0.1, -0.05) is 0 Å². The van der Waals surface area contributed by atoms with Gasteiger partial charge >= 0.3 is 0 Å². The van der Waals surface area contributed by atoms with Crippen LogP contribution in [0.1, 0.15) is 0 Å². The van der Waals surface area contributed by atoms with E-state index in [9.17, 15) is 0 Å². The summed E-state index contributed by atoms with van der Waals surface area (Å²) in [5.41, 5.74) is 0. The Morgan fingerprint density at radius 2 is 1.19 bits per heavy atom. The van der Waals surface area contributed by atoms with Gasteiger partial charge in [0, 0.05) is 56.9 Å². The predicted octanol–water partition coefficient (Wildman–Crippen LogP) is -0.163. The Balaban J connectivity index is 2.38. The third-order valence-electron chi connectivity index (χ3n) is 5.71. The van der Waals surface area contributed by atoms with Crippen LogP contribution in [0.5, 0.6) is 0 Å². The standard InChI is InChI=1S/C20H38O11/c1-21-9-12-14(24-4)16(26-6)17(27-7)19(29-12)31-20(11-23-3)18(28-8)15(25-5)13(30-20)10-22-2/h12-19H,9-11H2,1-8H3/t12-,13?,14-,15?,16+,17-,18?,19-,20?/m1/s1. The van der Waals surface area contributed by atoms with Crippen LogP contribution in [-0.4, -0.2) is 132 Å². The van der Waals surface area contributed by atoms with E-state index in [-0.39, 0.29) is 19.8 Å². The van der Waals surface area contributed by atoms with Crippen molar-refractivity contribution in [3.05, 3.63) is 0 Å². The monoisotopic (exact) mass is 454 g/mol. The molecule has 2 heterocycles. The zero-order chi connectivity index (χ0) is 23.0. The van der Waals surface area contributed by atoms with Gasteiger partial charge in [-0.3, -0.25) is 0 Å². The average Bonchev–Trinajstić information content (AvgIpc) is 3.05. The normalized spacial score (nSPS) is 41.0. The van der Waals surface area contributed by atoms with E-state index >= 15 is 0 Å². The SMILES string of the molecule is COCC1OC(COC)(O[C@H]2O[C@H](COC)[C@@H](OC)[C@H](OC)[C@H]2OC)C(OC)C1OC. The molecule has 0 aromatic rings. The smallest absolute Gasteiger partial charge is 0.224 e. The van der Waals surface area contributed by atoms with Gasteiger partial charge in [-0.15, -0.1) is 0 Å². The second kappa shape index (κ2) is 12.7. The molecule has 184 valence electrons. The Morgan fingerprint density at radius 3 is 1.68 bits per heavy atom. The first-order valence-corrected chi connectivity index (χ1v) is 10.1. The van der Waals surface area contributed by atoms with Gasteiger partial charge in [0.1, 0.15) is 49.3 Å². The van der Waals surface area contributed by atoms with Crippen LogP contribution in [0.15, 0.2) is 0 Å². The van der Waals surface area contributed by atoms with Crippen LogP contribution in [0, 0.1) is 0 Å². The summed E-state index contributed by atoms with van der Waals surface area (Å²) in [6.45, 7) is 0.612. The summed E-state index contributed by atoms with van der Waals surface area (Å²) in [4.78, 5) is 0. The highest BCUT2D eigenvalue weighted by atomic mass is 16.8. The maximum absolute atomic E-state index is 6.45. The van der Waals surface area contributed by atoms with Crippen LogP contribution in [0.2, 0.25) is 0 Å². The van der Waals surface area contributed by atoms with Crippen molar-refractivity contribution in [1.29, 1.82) is 0 Å². The minimum atomic E-state index is -1.34. The molecule has 0 saturated carbocycles. The lowest BCUT2D eigenvalue weighted by atomic mass is 9.98. The van der Waals surface area contributed by atoms with Gasteiger partial charge in [0.15, 0.2) is 6.29 Å². The molecule has 4 unspecified atom stereocenters. The number of ether oxygens (including phenoxy) is 11. The Morgan fingerprint density at radius 1 is 0.613 bits per heavy atom. The molecule has 0 aromatic heterocycles. The highest BCUT2D eigenvalue weighted by Crippen LogP contribution is 2.40. The van der Waals surface area contributed by atoms with E-state index in [0.29, 0.717) is 0 Å². The average molecular weight is 455 g/mol. The minimum absolute atomic E-state index is 0.0577. The first-order valence-electron chi connectivity index (χ1n) is 10.1. The summed E-state index contributed by atoms with van der Waals surface area (Å²) >= 11 is 0. The van der Waals surface area contributed by atoms with E-state index in [4.69, 9.17) is 52.1 Å². The molecule has 0 spiro atoms. The van der Waals surface area contributed by atoms with Crippen molar-refractivity contribution in [3.63, 3.8) is 0 Å². The van der Waals surface area contributed by atoms with Crippen molar-refractivity contribution in [2.75, 3.05) is 76.7 Å². The maximum Gasteiger partial charge on any atom is 0.224 e. The number of methoxy groups -OCH3 is 8. The van der Waals surface area contributed by atoms with E-state index in [0.717, 1.165) is 0 Å². The molecule has 11 heteroatoms. The Hall–Kier alpha value is -0.440. The van der Waals surface area contributed by atoms with Gasteiger partial charge < -0.3 is 52.1 Å². The summed E-state index contributed by atoms with van der Waals surface area (Å²) in [7, 11) is 12.6. The highest BCUT2D eigenvalue weighted by Gasteiger charge is 2.60. The highest BCUT2D eigenvalue weighted by molar-refractivity contribution is 5.01. The lowest BCUT2D eigenvalue weighted by molar-refractivity contribution is -0.390. The summed E-state index contributed by atoms with van der Waals surface area (Å²) < 4.78 is 63.5. The second-order valence-corrected chi connectivity index (χ2v) is 7.43. The van der Waals surface area contributed by atoms with Crippen LogP contribution in [0.4, 0.5) is 0 Å². The zero-order valence-corrected chi connectivity index (χ0v) is 19.7. The van der Waals surface area contributed by atoms with Gasteiger partial charge in [-0.25, -0.2) is 0 Å². The lowest BCUT2D eigenvalue weighted by Gasteiger charge is -2.47. The van der Waals surface area contributed by atoms with Crippen LogP contribution in [0.3, 0.4) is 0 Å². The van der Waals surface area contributed by atoms with E-state index in [1.807, 2.05) is 0 Å². The first kappa shape index (κ1) is 26.8. The van der Waals surface area contributed by atoms with Crippen molar-refractivity contribution in [2.45, 2.75) is 54.8 Å². The molecule has 0 aromatic carbocycles. The van der Waals surface area contributed by atoms with Crippen molar-refractivity contribution in [2.24, 2.45) is 0 Å². The third kappa shape index (κ3) is 5.56. The predicted molar refractivity (Wildman–Crippen MR) is 107 cm³/mol. The van der Waals surface area contributed by atoms with Gasteiger partial charge in [0.05, 0.1) is 13.2 Å². The fourth-order valence-corrected chi connectivity index (χ4v) is 4.43. The van der Waals surface area contributed by atoms with Crippen LogP contribution in [0.25, 0.3) is 0 Å². The van der Waals surface area contributed by atoms with E-state index in [1.54, 1.807) is 56.9 Å². The summed E-state index contributed by atoms with van der Waals surface area (Å²) in [6, 6.07) is 0. The van der Waals surface area contributed by atoms with E-state index in [1.165, 1.54) is 0 Å². The quantitative estimate of drug-likeness (QED) is 0.371. The largest absolute Gasteiger partial charge is 0.382 e. The van der Waals surface area contributed by atoms with Crippen molar-refractivity contribution >= 4 is 0 Å². The van der Waals surface area contributed by atoms with Crippen LogP contribution >= 0.6 is 0 Å². The molecule has 11 nitrogen and oxygen atoms in total. The van der Waals surface area contributed by atoms with Crippen molar-refractivity contribution in [1.82, 2.24) is 0 Å². The molecular weight excluding hydrogens is 416 g/mol. The minimum Gasteiger partial charge on any atom is -0.382 e. The lowest BCUT2D eigenvalue weighted by Crippen LogP contribution is -2.64. The first-order chi connectivity index (χ1) is 15.0. The molecule has 2 saturated heterocycles. The zero-order valence-electron chi connectivity index (χ0n) is 19.7. The second-order valence-electron chi connectivity index (χ2n) is 7.43. The van der Waals surface area contributed by atoms with Crippen LogP contribution in [-0.2, 0) is 52.1 Å². The molecule has 0 aliphatic carbocycles. The molecular formula is C20H38O11. The molecule has 0 bridgehead atoms. The molecule has 31 heavy (non-hydrogen) atoms. The third-order valence-corrected chi connectivity index (χ3v) is 5.71. The molecule has 2 fully saturated rings. The number of rotatable bonds is 13. The van der Waals surface area contributed by atoms with Crippen LogP contribution < -0.4 is 0 Å². The number of hydrogen-bond acceptors (Lipinski definition) is 11. The molecule has 0 N–H and O–H groups in total. The fraction of sp³-hybridized carbons (Fsp3) is 1.00.